The van der Waals surface area contributed by atoms with Crippen LogP contribution in [0.2, 0.25) is 0 Å². The van der Waals surface area contributed by atoms with Crippen LogP contribution in [0.25, 0.3) is 0 Å². The van der Waals surface area contributed by atoms with E-state index >= 15 is 0 Å². The first kappa shape index (κ1) is 11.9. The molecule has 4 nitrogen and oxygen atoms in total. The van der Waals surface area contributed by atoms with Gasteiger partial charge in [-0.25, -0.2) is 9.18 Å². The molecule has 92 valence electrons. The van der Waals surface area contributed by atoms with Crippen molar-refractivity contribution in [1.29, 1.82) is 0 Å². The van der Waals surface area contributed by atoms with Crippen molar-refractivity contribution >= 4 is 6.03 Å². The second-order valence-electron chi connectivity index (χ2n) is 3.88. The molecule has 0 radical (unpaired) electrons. The van der Waals surface area contributed by atoms with E-state index in [2.05, 4.69) is 5.32 Å². The molecule has 0 saturated carbocycles. The number of urea groups is 1. The summed E-state index contributed by atoms with van der Waals surface area (Å²) < 4.78 is 17.8. The lowest BCUT2D eigenvalue weighted by Gasteiger charge is -2.26. The number of ether oxygens (including phenoxy) is 1. The number of benzene rings is 1. The minimum absolute atomic E-state index is 0.0994. The normalized spacial score (nSPS) is 15.7. The summed E-state index contributed by atoms with van der Waals surface area (Å²) in [7, 11) is 0. The van der Waals surface area contributed by atoms with Crippen molar-refractivity contribution < 1.29 is 13.9 Å². The van der Waals surface area contributed by atoms with E-state index in [0.717, 1.165) is 5.56 Å². The first-order chi connectivity index (χ1) is 8.25. The van der Waals surface area contributed by atoms with Gasteiger partial charge in [-0.15, -0.1) is 0 Å². The molecule has 1 saturated heterocycles. The third kappa shape index (κ3) is 3.42. The second kappa shape index (κ2) is 5.63. The van der Waals surface area contributed by atoms with Gasteiger partial charge in [0.1, 0.15) is 5.82 Å². The van der Waals surface area contributed by atoms with Gasteiger partial charge in [-0.05, 0) is 17.7 Å². The third-order valence-corrected chi connectivity index (χ3v) is 2.66. The SMILES string of the molecule is O=C(NCc1ccc(F)cc1)N1CCOCC1. The van der Waals surface area contributed by atoms with Gasteiger partial charge in [0, 0.05) is 19.6 Å². The predicted octanol–water partition coefficient (Wildman–Crippen LogP) is 1.37. The quantitative estimate of drug-likeness (QED) is 0.845. The number of nitrogens with zero attached hydrogens (tertiary/aromatic N) is 1. The molecule has 0 unspecified atom stereocenters. The highest BCUT2D eigenvalue weighted by Gasteiger charge is 2.15. The van der Waals surface area contributed by atoms with E-state index in [1.54, 1.807) is 17.0 Å². The highest BCUT2D eigenvalue weighted by molar-refractivity contribution is 5.74. The molecule has 1 aromatic carbocycles. The predicted molar refractivity (Wildman–Crippen MR) is 61.0 cm³/mol. The molecule has 17 heavy (non-hydrogen) atoms. The van der Waals surface area contributed by atoms with Gasteiger partial charge in [-0.1, -0.05) is 12.1 Å². The van der Waals surface area contributed by atoms with E-state index in [1.807, 2.05) is 0 Å². The van der Waals surface area contributed by atoms with Crippen molar-refractivity contribution in [2.75, 3.05) is 26.3 Å². The van der Waals surface area contributed by atoms with Gasteiger partial charge in [-0.2, -0.15) is 0 Å². The van der Waals surface area contributed by atoms with Crippen molar-refractivity contribution in [2.24, 2.45) is 0 Å². The van der Waals surface area contributed by atoms with Gasteiger partial charge in [0.15, 0.2) is 0 Å². The van der Waals surface area contributed by atoms with E-state index in [-0.39, 0.29) is 11.8 Å². The lowest BCUT2D eigenvalue weighted by atomic mass is 10.2. The summed E-state index contributed by atoms with van der Waals surface area (Å²) in [5, 5.41) is 2.80. The average molecular weight is 238 g/mol. The lowest BCUT2D eigenvalue weighted by molar-refractivity contribution is 0.0531. The Labute approximate surface area is 99.4 Å². The van der Waals surface area contributed by atoms with Gasteiger partial charge in [0.2, 0.25) is 0 Å². The summed E-state index contributed by atoms with van der Waals surface area (Å²) in [4.78, 5) is 13.4. The number of hydrogen-bond donors (Lipinski definition) is 1. The van der Waals surface area contributed by atoms with Crippen molar-refractivity contribution in [2.45, 2.75) is 6.54 Å². The average Bonchev–Trinajstić information content (AvgIpc) is 2.39. The van der Waals surface area contributed by atoms with E-state index in [9.17, 15) is 9.18 Å². The molecule has 0 spiro atoms. The van der Waals surface area contributed by atoms with Crippen LogP contribution in [0.4, 0.5) is 9.18 Å². The minimum Gasteiger partial charge on any atom is -0.378 e. The smallest absolute Gasteiger partial charge is 0.317 e. The van der Waals surface area contributed by atoms with Crippen LogP contribution in [0.1, 0.15) is 5.56 Å². The van der Waals surface area contributed by atoms with E-state index in [1.165, 1.54) is 12.1 Å². The van der Waals surface area contributed by atoms with E-state index in [0.29, 0.717) is 32.8 Å². The van der Waals surface area contributed by atoms with Crippen molar-refractivity contribution in [3.8, 4) is 0 Å². The van der Waals surface area contributed by atoms with Crippen molar-refractivity contribution in [3.63, 3.8) is 0 Å². The second-order valence-corrected chi connectivity index (χ2v) is 3.88. The molecule has 1 aliphatic heterocycles. The number of halogens is 1. The number of carbonyl (C=O) groups excluding carboxylic acids is 1. The van der Waals surface area contributed by atoms with Crippen molar-refractivity contribution in [3.05, 3.63) is 35.6 Å². The monoisotopic (exact) mass is 238 g/mol. The van der Waals surface area contributed by atoms with Gasteiger partial charge < -0.3 is 15.0 Å². The number of hydrogen-bond acceptors (Lipinski definition) is 2. The zero-order valence-electron chi connectivity index (χ0n) is 9.49. The summed E-state index contributed by atoms with van der Waals surface area (Å²) in [6, 6.07) is 5.99. The van der Waals surface area contributed by atoms with Crippen LogP contribution in [0.15, 0.2) is 24.3 Å². The molecule has 1 fully saturated rings. The first-order valence-electron chi connectivity index (χ1n) is 5.60. The van der Waals surface area contributed by atoms with Crippen LogP contribution in [0.3, 0.4) is 0 Å². The molecule has 1 N–H and O–H groups in total. The van der Waals surface area contributed by atoms with Crippen LogP contribution < -0.4 is 5.32 Å². The highest BCUT2D eigenvalue weighted by Crippen LogP contribution is 2.03. The highest BCUT2D eigenvalue weighted by atomic mass is 19.1. The molecule has 2 amide bonds. The number of morpholine rings is 1. The Morgan fingerprint density at radius 2 is 1.94 bits per heavy atom. The zero-order valence-corrected chi connectivity index (χ0v) is 9.49. The van der Waals surface area contributed by atoms with Gasteiger partial charge >= 0.3 is 6.03 Å². The molecular formula is C12H15FN2O2. The van der Waals surface area contributed by atoms with Crippen LogP contribution >= 0.6 is 0 Å². The topological polar surface area (TPSA) is 41.6 Å². The number of carbonyl (C=O) groups is 1. The number of amides is 2. The molecule has 5 heteroatoms. The lowest BCUT2D eigenvalue weighted by Crippen LogP contribution is -2.45. The van der Waals surface area contributed by atoms with Crippen LogP contribution in [0.5, 0.6) is 0 Å². The standard InChI is InChI=1S/C12H15FN2O2/c13-11-3-1-10(2-4-11)9-14-12(16)15-5-7-17-8-6-15/h1-4H,5-9H2,(H,14,16). The Morgan fingerprint density at radius 1 is 1.29 bits per heavy atom. The summed E-state index contributed by atoms with van der Waals surface area (Å²) in [6.45, 7) is 2.83. The third-order valence-electron chi connectivity index (χ3n) is 2.66. The Hall–Kier alpha value is -1.62. The Kier molecular flexibility index (Phi) is 3.93. The van der Waals surface area contributed by atoms with Gasteiger partial charge in [0.05, 0.1) is 13.2 Å². The fourth-order valence-corrected chi connectivity index (χ4v) is 1.66. The summed E-state index contributed by atoms with van der Waals surface area (Å²) in [5.74, 6) is -0.270. The molecule has 1 aliphatic rings. The number of rotatable bonds is 2. The minimum atomic E-state index is -0.270. The van der Waals surface area contributed by atoms with Gasteiger partial charge in [0.25, 0.3) is 0 Å². The Balaban J connectivity index is 1.81. The van der Waals surface area contributed by atoms with Crippen LogP contribution in [-0.4, -0.2) is 37.2 Å². The van der Waals surface area contributed by atoms with Crippen LogP contribution in [0, 0.1) is 5.82 Å². The van der Waals surface area contributed by atoms with Crippen molar-refractivity contribution in [1.82, 2.24) is 10.2 Å². The molecular weight excluding hydrogens is 223 g/mol. The molecule has 1 aromatic rings. The van der Waals surface area contributed by atoms with E-state index in [4.69, 9.17) is 4.74 Å². The Morgan fingerprint density at radius 3 is 2.59 bits per heavy atom. The maximum atomic E-state index is 12.7. The molecule has 0 bridgehead atoms. The maximum absolute atomic E-state index is 12.7. The zero-order chi connectivity index (χ0) is 12.1. The summed E-state index contributed by atoms with van der Waals surface area (Å²) in [6.07, 6.45) is 0. The van der Waals surface area contributed by atoms with Gasteiger partial charge in [-0.3, -0.25) is 0 Å². The summed E-state index contributed by atoms with van der Waals surface area (Å²) >= 11 is 0. The molecule has 1 heterocycles. The molecule has 0 atom stereocenters. The molecule has 0 aromatic heterocycles. The number of nitrogens with one attached hydrogen (secondary N) is 1. The fraction of sp³-hybridized carbons (Fsp3) is 0.417. The fourth-order valence-electron chi connectivity index (χ4n) is 1.66. The first-order valence-corrected chi connectivity index (χ1v) is 5.60. The summed E-state index contributed by atoms with van der Waals surface area (Å²) in [5.41, 5.74) is 0.882. The molecule has 0 aliphatic carbocycles. The molecule has 2 rings (SSSR count). The Bertz CT molecular complexity index is 375. The van der Waals surface area contributed by atoms with Crippen LogP contribution in [-0.2, 0) is 11.3 Å². The van der Waals surface area contributed by atoms with E-state index < -0.39 is 0 Å². The maximum Gasteiger partial charge on any atom is 0.317 e. The largest absolute Gasteiger partial charge is 0.378 e.